The van der Waals surface area contributed by atoms with Crippen LogP contribution in [0.25, 0.3) is 11.0 Å². The van der Waals surface area contributed by atoms with Gasteiger partial charge in [0.15, 0.2) is 0 Å². The van der Waals surface area contributed by atoms with Gasteiger partial charge in [-0.25, -0.2) is 4.98 Å². The molecule has 2 aromatic carbocycles. The van der Waals surface area contributed by atoms with Crippen LogP contribution in [0.2, 0.25) is 0 Å². The van der Waals surface area contributed by atoms with Crippen LogP contribution in [-0.4, -0.2) is 29.1 Å². The van der Waals surface area contributed by atoms with Crippen LogP contribution in [0.4, 0.5) is 0 Å². The van der Waals surface area contributed by atoms with E-state index in [1.807, 2.05) is 30.3 Å². The molecule has 0 aliphatic carbocycles. The number of aryl methyl sites for hydroxylation is 2. The van der Waals surface area contributed by atoms with E-state index in [4.69, 9.17) is 9.72 Å². The largest absolute Gasteiger partial charge is 0.497 e. The number of hydrogen-bond donors (Lipinski definition) is 1. The summed E-state index contributed by atoms with van der Waals surface area (Å²) in [5.41, 5.74) is 3.27. The van der Waals surface area contributed by atoms with E-state index in [0.29, 0.717) is 13.0 Å². The van der Waals surface area contributed by atoms with E-state index in [1.165, 1.54) is 31.2 Å². The summed E-state index contributed by atoms with van der Waals surface area (Å²) < 4.78 is 7.52. The second kappa shape index (κ2) is 11.4. The molecule has 30 heavy (non-hydrogen) atoms. The van der Waals surface area contributed by atoms with E-state index in [9.17, 15) is 4.79 Å². The molecule has 3 aromatic rings. The van der Waals surface area contributed by atoms with Crippen molar-refractivity contribution in [1.82, 2.24) is 14.9 Å². The lowest BCUT2D eigenvalue weighted by atomic mass is 10.1. The van der Waals surface area contributed by atoms with Gasteiger partial charge in [-0.15, -0.1) is 0 Å². The Bertz CT molecular complexity index is 931. The smallest absolute Gasteiger partial charge is 0.224 e. The third-order valence-electron chi connectivity index (χ3n) is 5.39. The molecule has 3 rings (SSSR count). The average molecular weight is 408 g/mol. The van der Waals surface area contributed by atoms with Crippen LogP contribution in [0.5, 0.6) is 5.75 Å². The zero-order valence-electron chi connectivity index (χ0n) is 18.2. The first-order chi connectivity index (χ1) is 14.7. The highest BCUT2D eigenvalue weighted by atomic mass is 16.5. The first-order valence-corrected chi connectivity index (χ1v) is 11.0. The number of aromatic nitrogens is 2. The van der Waals surface area contributed by atoms with Crippen molar-refractivity contribution in [1.29, 1.82) is 0 Å². The Labute approximate surface area is 179 Å². The van der Waals surface area contributed by atoms with E-state index in [2.05, 4.69) is 35.0 Å². The van der Waals surface area contributed by atoms with Crippen LogP contribution in [0.15, 0.2) is 48.5 Å². The van der Waals surface area contributed by atoms with Crippen molar-refractivity contribution in [3.63, 3.8) is 0 Å². The summed E-state index contributed by atoms with van der Waals surface area (Å²) >= 11 is 0. The molecule has 0 radical (unpaired) electrons. The number of benzene rings is 2. The summed E-state index contributed by atoms with van der Waals surface area (Å²) in [6.07, 6.45) is 7.09. The van der Waals surface area contributed by atoms with E-state index in [-0.39, 0.29) is 5.91 Å². The monoisotopic (exact) mass is 407 g/mol. The van der Waals surface area contributed by atoms with Crippen molar-refractivity contribution in [3.05, 3.63) is 59.9 Å². The number of fused-ring (bicyclic) bond motifs is 1. The number of nitrogens with one attached hydrogen (secondary N) is 1. The van der Waals surface area contributed by atoms with Gasteiger partial charge in [0.1, 0.15) is 11.6 Å². The number of nitrogens with zero attached hydrogens (tertiary/aromatic N) is 2. The highest BCUT2D eigenvalue weighted by molar-refractivity contribution is 5.78. The average Bonchev–Trinajstić information content (AvgIpc) is 3.12. The predicted octanol–water partition coefficient (Wildman–Crippen LogP) is 4.92. The van der Waals surface area contributed by atoms with Crippen molar-refractivity contribution in [2.75, 3.05) is 13.7 Å². The van der Waals surface area contributed by atoms with Gasteiger partial charge in [0.2, 0.25) is 5.91 Å². The maximum Gasteiger partial charge on any atom is 0.224 e. The summed E-state index contributed by atoms with van der Waals surface area (Å²) in [6.45, 7) is 3.91. The molecule has 5 heteroatoms. The lowest BCUT2D eigenvalue weighted by Crippen LogP contribution is -2.26. The van der Waals surface area contributed by atoms with Gasteiger partial charge in [0.25, 0.3) is 0 Å². The van der Waals surface area contributed by atoms with Gasteiger partial charge in [-0.3, -0.25) is 4.79 Å². The number of amides is 1. The molecule has 0 spiro atoms. The third-order valence-corrected chi connectivity index (χ3v) is 5.39. The van der Waals surface area contributed by atoms with Gasteiger partial charge >= 0.3 is 0 Å². The molecule has 0 fully saturated rings. The van der Waals surface area contributed by atoms with Crippen molar-refractivity contribution < 1.29 is 9.53 Å². The highest BCUT2D eigenvalue weighted by Gasteiger charge is 2.10. The number of ether oxygens (including phenoxy) is 1. The Morgan fingerprint density at radius 1 is 1.03 bits per heavy atom. The molecule has 1 aromatic heterocycles. The predicted molar refractivity (Wildman–Crippen MR) is 122 cm³/mol. The van der Waals surface area contributed by atoms with Gasteiger partial charge in [-0.2, -0.15) is 0 Å². The molecule has 0 bridgehead atoms. The van der Waals surface area contributed by atoms with Crippen molar-refractivity contribution in [2.24, 2.45) is 0 Å². The van der Waals surface area contributed by atoms with Crippen LogP contribution < -0.4 is 10.1 Å². The van der Waals surface area contributed by atoms with Crippen molar-refractivity contribution >= 4 is 16.9 Å². The number of methoxy groups -OCH3 is 1. The maximum absolute atomic E-state index is 12.2. The number of rotatable bonds is 12. The second-order valence-corrected chi connectivity index (χ2v) is 7.71. The molecular formula is C25H33N3O2. The molecule has 0 saturated carbocycles. The third kappa shape index (κ3) is 6.09. The number of imidazole rings is 1. The fourth-order valence-corrected chi connectivity index (χ4v) is 3.73. The molecule has 1 N–H and O–H groups in total. The molecule has 1 heterocycles. The Morgan fingerprint density at radius 2 is 1.83 bits per heavy atom. The van der Waals surface area contributed by atoms with Crippen LogP contribution in [0, 0.1) is 0 Å². The molecule has 0 atom stereocenters. The minimum Gasteiger partial charge on any atom is -0.497 e. The van der Waals surface area contributed by atoms with E-state index < -0.39 is 0 Å². The fraction of sp³-hybridized carbons (Fsp3) is 0.440. The first kappa shape index (κ1) is 21.9. The number of unbranched alkanes of at least 4 members (excludes halogenated alkanes) is 3. The Morgan fingerprint density at radius 3 is 2.60 bits per heavy atom. The maximum atomic E-state index is 12.2. The van der Waals surface area contributed by atoms with Crippen molar-refractivity contribution in [2.45, 2.75) is 58.4 Å². The first-order valence-electron chi connectivity index (χ1n) is 11.0. The Hall–Kier alpha value is -2.82. The number of carbonyl (C=O) groups is 1. The fourth-order valence-electron chi connectivity index (χ4n) is 3.73. The van der Waals surface area contributed by atoms with E-state index >= 15 is 0 Å². The Balaban J connectivity index is 1.50. The van der Waals surface area contributed by atoms with Gasteiger partial charge in [-0.1, -0.05) is 50.5 Å². The van der Waals surface area contributed by atoms with Gasteiger partial charge in [0.05, 0.1) is 24.6 Å². The standard InChI is InChI=1S/C25H33N3O2/c1-3-4-5-8-18-28-23-11-7-6-10-22(23)27-24(28)12-9-17-26-25(29)19-20-13-15-21(30-2)16-14-20/h6-7,10-11,13-16H,3-5,8-9,12,17-19H2,1-2H3,(H,26,29). The quantitative estimate of drug-likeness (QED) is 0.434. The van der Waals surface area contributed by atoms with Crippen LogP contribution in [0.3, 0.4) is 0 Å². The molecule has 0 saturated heterocycles. The normalized spacial score (nSPS) is 11.0. The van der Waals surface area contributed by atoms with E-state index in [1.54, 1.807) is 7.11 Å². The van der Waals surface area contributed by atoms with Crippen LogP contribution in [0.1, 0.15) is 50.4 Å². The molecule has 160 valence electrons. The minimum atomic E-state index is 0.0493. The topological polar surface area (TPSA) is 56.2 Å². The number of carbonyl (C=O) groups excluding carboxylic acids is 1. The van der Waals surface area contributed by atoms with Crippen LogP contribution >= 0.6 is 0 Å². The zero-order chi connectivity index (χ0) is 21.2. The lowest BCUT2D eigenvalue weighted by Gasteiger charge is -2.10. The van der Waals surface area contributed by atoms with Crippen LogP contribution in [-0.2, 0) is 24.2 Å². The molecule has 0 aliphatic heterocycles. The molecule has 0 aliphatic rings. The molecule has 5 nitrogen and oxygen atoms in total. The SMILES string of the molecule is CCCCCCn1c(CCCNC(=O)Cc2ccc(OC)cc2)nc2ccccc21. The molecule has 1 amide bonds. The minimum absolute atomic E-state index is 0.0493. The van der Waals surface area contributed by atoms with Gasteiger partial charge in [-0.05, 0) is 42.7 Å². The molecule has 0 unspecified atom stereocenters. The van der Waals surface area contributed by atoms with Crippen molar-refractivity contribution in [3.8, 4) is 5.75 Å². The van der Waals surface area contributed by atoms with E-state index in [0.717, 1.165) is 42.0 Å². The summed E-state index contributed by atoms with van der Waals surface area (Å²) in [7, 11) is 1.64. The number of hydrogen-bond acceptors (Lipinski definition) is 3. The highest BCUT2D eigenvalue weighted by Crippen LogP contribution is 2.18. The second-order valence-electron chi connectivity index (χ2n) is 7.71. The van der Waals surface area contributed by atoms with Gasteiger partial charge < -0.3 is 14.6 Å². The Kier molecular flexibility index (Phi) is 8.30. The zero-order valence-corrected chi connectivity index (χ0v) is 18.2. The van der Waals surface area contributed by atoms with Gasteiger partial charge in [0, 0.05) is 19.5 Å². The summed E-state index contributed by atoms with van der Waals surface area (Å²) in [6, 6.07) is 16.0. The lowest BCUT2D eigenvalue weighted by molar-refractivity contribution is -0.120. The summed E-state index contributed by atoms with van der Waals surface area (Å²) in [5, 5.41) is 3.04. The summed E-state index contributed by atoms with van der Waals surface area (Å²) in [5.74, 6) is 1.97. The number of para-hydroxylation sites is 2. The summed E-state index contributed by atoms with van der Waals surface area (Å²) in [4.78, 5) is 17.1. The molecular weight excluding hydrogens is 374 g/mol.